The quantitative estimate of drug-likeness (QED) is 0.806. The molecule has 1 saturated heterocycles. The van der Waals surface area contributed by atoms with Gasteiger partial charge in [-0.15, -0.1) is 10.2 Å². The van der Waals surface area contributed by atoms with E-state index in [9.17, 15) is 4.79 Å². The molecule has 0 aromatic carbocycles. The van der Waals surface area contributed by atoms with Gasteiger partial charge in [0.2, 0.25) is 16.2 Å². The second kappa shape index (κ2) is 7.79. The molecule has 1 aliphatic rings. The molecule has 3 heterocycles. The van der Waals surface area contributed by atoms with Crippen molar-refractivity contribution >= 4 is 22.4 Å². The molecule has 2 aromatic rings. The van der Waals surface area contributed by atoms with E-state index in [0.717, 1.165) is 55.6 Å². The molecule has 0 saturated carbocycles. The summed E-state index contributed by atoms with van der Waals surface area (Å²) < 4.78 is 1.96. The highest BCUT2D eigenvalue weighted by Gasteiger charge is 2.29. The summed E-state index contributed by atoms with van der Waals surface area (Å²) in [5, 5.41) is 10.4. The van der Waals surface area contributed by atoms with Gasteiger partial charge in [0.25, 0.3) is 0 Å². The molecule has 7 heteroatoms. The Kier molecular flexibility index (Phi) is 5.50. The molecule has 3 rings (SSSR count). The number of piperidine rings is 1. The Bertz CT molecular complexity index is 654. The number of carbonyl (C=O) groups excluding carboxylic acids is 1. The minimum absolute atomic E-state index is 0.0690. The van der Waals surface area contributed by atoms with Crippen molar-refractivity contribution in [1.82, 2.24) is 19.7 Å². The van der Waals surface area contributed by atoms with Crippen molar-refractivity contribution in [1.29, 1.82) is 0 Å². The van der Waals surface area contributed by atoms with E-state index in [1.807, 2.05) is 41.0 Å². The number of carbonyl (C=O) groups is 1. The molecule has 0 radical (unpaired) electrons. The molecule has 0 aliphatic carbocycles. The Morgan fingerprint density at radius 1 is 1.33 bits per heavy atom. The van der Waals surface area contributed by atoms with E-state index in [4.69, 9.17) is 0 Å². The number of hydrogen-bond donors (Lipinski definition) is 0. The minimum atomic E-state index is 0.0690. The van der Waals surface area contributed by atoms with Gasteiger partial charge < -0.3 is 9.80 Å². The summed E-state index contributed by atoms with van der Waals surface area (Å²) >= 11 is 1.57. The predicted octanol–water partition coefficient (Wildman–Crippen LogP) is 2.80. The fourth-order valence-corrected chi connectivity index (χ4v) is 3.92. The maximum absolute atomic E-state index is 12.6. The SMILES string of the molecule is CCCCN(C)C(=O)[C@@H]1CCCN(c2nnc(-n3cccc3)s2)C1. The Labute approximate surface area is 147 Å². The van der Waals surface area contributed by atoms with Gasteiger partial charge in [-0.2, -0.15) is 0 Å². The number of aromatic nitrogens is 3. The second-order valence-electron chi connectivity index (χ2n) is 6.36. The highest BCUT2D eigenvalue weighted by Crippen LogP contribution is 2.28. The fraction of sp³-hybridized carbons (Fsp3) is 0.588. The molecule has 6 nitrogen and oxygen atoms in total. The monoisotopic (exact) mass is 347 g/mol. The molecule has 0 spiro atoms. The van der Waals surface area contributed by atoms with Crippen LogP contribution in [0.25, 0.3) is 5.13 Å². The third-order valence-electron chi connectivity index (χ3n) is 4.49. The van der Waals surface area contributed by atoms with E-state index < -0.39 is 0 Å². The third kappa shape index (κ3) is 3.77. The van der Waals surface area contributed by atoms with Gasteiger partial charge in [-0.1, -0.05) is 24.7 Å². The molecule has 130 valence electrons. The molecule has 1 aliphatic heterocycles. The van der Waals surface area contributed by atoms with Gasteiger partial charge >= 0.3 is 0 Å². The lowest BCUT2D eigenvalue weighted by atomic mass is 9.97. The Hall–Kier alpha value is -1.89. The van der Waals surface area contributed by atoms with Gasteiger partial charge in [0.15, 0.2) is 0 Å². The van der Waals surface area contributed by atoms with Crippen molar-refractivity contribution in [3.8, 4) is 5.13 Å². The number of rotatable bonds is 6. The predicted molar refractivity (Wildman–Crippen MR) is 96.7 cm³/mol. The molecular weight excluding hydrogens is 322 g/mol. The van der Waals surface area contributed by atoms with Crippen LogP contribution in [-0.4, -0.2) is 52.3 Å². The zero-order valence-electron chi connectivity index (χ0n) is 14.4. The normalized spacial score (nSPS) is 17.9. The largest absolute Gasteiger partial charge is 0.346 e. The van der Waals surface area contributed by atoms with Crippen LogP contribution < -0.4 is 4.90 Å². The summed E-state index contributed by atoms with van der Waals surface area (Å²) in [6.45, 7) is 4.69. The van der Waals surface area contributed by atoms with Crippen LogP contribution in [0.15, 0.2) is 24.5 Å². The van der Waals surface area contributed by atoms with E-state index in [2.05, 4.69) is 22.0 Å². The summed E-state index contributed by atoms with van der Waals surface area (Å²) in [4.78, 5) is 16.7. The minimum Gasteiger partial charge on any atom is -0.346 e. The summed E-state index contributed by atoms with van der Waals surface area (Å²) in [6, 6.07) is 3.95. The molecule has 0 N–H and O–H groups in total. The van der Waals surface area contributed by atoms with Crippen LogP contribution in [0, 0.1) is 5.92 Å². The van der Waals surface area contributed by atoms with Gasteiger partial charge in [0.1, 0.15) is 0 Å². The molecule has 1 atom stereocenters. The number of hydrogen-bond acceptors (Lipinski definition) is 5. The lowest BCUT2D eigenvalue weighted by Crippen LogP contribution is -2.44. The van der Waals surface area contributed by atoms with Gasteiger partial charge in [-0.25, -0.2) is 0 Å². The number of unbranched alkanes of at least 4 members (excludes halogenated alkanes) is 1. The average molecular weight is 347 g/mol. The molecule has 1 amide bonds. The van der Waals surface area contributed by atoms with Crippen LogP contribution in [0.4, 0.5) is 5.13 Å². The van der Waals surface area contributed by atoms with E-state index >= 15 is 0 Å². The Morgan fingerprint density at radius 3 is 2.83 bits per heavy atom. The third-order valence-corrected chi connectivity index (χ3v) is 5.49. The highest BCUT2D eigenvalue weighted by atomic mass is 32.1. The van der Waals surface area contributed by atoms with Gasteiger partial charge in [-0.3, -0.25) is 9.36 Å². The van der Waals surface area contributed by atoms with Crippen LogP contribution in [0.2, 0.25) is 0 Å². The summed E-state index contributed by atoms with van der Waals surface area (Å²) in [5.74, 6) is 0.336. The molecular formula is C17H25N5OS. The summed E-state index contributed by atoms with van der Waals surface area (Å²) in [5.41, 5.74) is 0. The zero-order valence-corrected chi connectivity index (χ0v) is 15.2. The smallest absolute Gasteiger partial charge is 0.227 e. The first-order chi connectivity index (χ1) is 11.7. The Balaban J connectivity index is 1.64. The first kappa shape index (κ1) is 17.0. The van der Waals surface area contributed by atoms with Crippen LogP contribution >= 0.6 is 11.3 Å². The molecule has 0 bridgehead atoms. The van der Waals surface area contributed by atoms with E-state index in [1.165, 1.54) is 0 Å². The van der Waals surface area contributed by atoms with E-state index in [-0.39, 0.29) is 11.8 Å². The van der Waals surface area contributed by atoms with Gasteiger partial charge in [0.05, 0.1) is 5.92 Å². The maximum Gasteiger partial charge on any atom is 0.227 e. The molecule has 24 heavy (non-hydrogen) atoms. The molecule has 1 fully saturated rings. The van der Waals surface area contributed by atoms with Crippen molar-refractivity contribution in [3.05, 3.63) is 24.5 Å². The van der Waals surface area contributed by atoms with Crippen LogP contribution in [0.3, 0.4) is 0 Å². The average Bonchev–Trinajstić information content (AvgIpc) is 3.30. The summed E-state index contributed by atoms with van der Waals surface area (Å²) in [6.07, 6.45) is 8.10. The van der Waals surface area contributed by atoms with Gasteiger partial charge in [-0.05, 0) is 31.4 Å². The van der Waals surface area contributed by atoms with Crippen molar-refractivity contribution in [2.75, 3.05) is 31.6 Å². The van der Waals surface area contributed by atoms with Crippen molar-refractivity contribution in [2.24, 2.45) is 5.92 Å². The van der Waals surface area contributed by atoms with Gasteiger partial charge in [0, 0.05) is 39.1 Å². The standard InChI is InChI=1S/C17H25N5OS/c1-3-4-9-20(2)15(23)14-8-7-12-22(13-14)17-19-18-16(24-17)21-10-5-6-11-21/h5-6,10-11,14H,3-4,7-9,12-13H2,1-2H3/t14-/m1/s1. The second-order valence-corrected chi connectivity index (χ2v) is 7.29. The van der Waals surface area contributed by atoms with Crippen molar-refractivity contribution in [3.63, 3.8) is 0 Å². The fourth-order valence-electron chi connectivity index (χ4n) is 3.07. The number of amides is 1. The first-order valence-corrected chi connectivity index (χ1v) is 9.47. The topological polar surface area (TPSA) is 54.3 Å². The highest BCUT2D eigenvalue weighted by molar-refractivity contribution is 7.17. The first-order valence-electron chi connectivity index (χ1n) is 8.65. The number of nitrogens with zero attached hydrogens (tertiary/aromatic N) is 5. The van der Waals surface area contributed by atoms with Crippen LogP contribution in [-0.2, 0) is 4.79 Å². The van der Waals surface area contributed by atoms with Crippen molar-refractivity contribution in [2.45, 2.75) is 32.6 Å². The van der Waals surface area contributed by atoms with E-state index in [0.29, 0.717) is 0 Å². The molecule has 0 unspecified atom stereocenters. The lowest BCUT2D eigenvalue weighted by molar-refractivity contribution is -0.134. The lowest BCUT2D eigenvalue weighted by Gasteiger charge is -2.33. The molecule has 2 aromatic heterocycles. The zero-order chi connectivity index (χ0) is 16.9. The maximum atomic E-state index is 12.6. The number of anilines is 1. The van der Waals surface area contributed by atoms with Crippen LogP contribution in [0.1, 0.15) is 32.6 Å². The summed E-state index contributed by atoms with van der Waals surface area (Å²) in [7, 11) is 1.92. The van der Waals surface area contributed by atoms with E-state index in [1.54, 1.807) is 11.3 Å². The van der Waals surface area contributed by atoms with Crippen molar-refractivity contribution < 1.29 is 4.79 Å². The Morgan fingerprint density at radius 2 is 2.08 bits per heavy atom. The van der Waals surface area contributed by atoms with Crippen LogP contribution in [0.5, 0.6) is 0 Å².